The van der Waals surface area contributed by atoms with E-state index in [-0.39, 0.29) is 19.6 Å². The van der Waals surface area contributed by atoms with E-state index in [9.17, 15) is 46.5 Å². The molecular weight excluding hydrogens is 922 g/mol. The zero-order chi connectivity index (χ0) is 48.0. The standard InChI is InChI=1S/C35H35ClN8O4S2.2C2HF3O2/c1-21(33(45)46)41-34(47)35(40,20-39)12-15-48-26-10-6-22(7-11-26)29-27(16-37)30(44-13-2-3-14-44)43-32(28(29)17-38)50-19-25-18-49-31(42-25)23-4-8-24(36)9-5-23;2*3-2(4,5)1(6)7/h4-11,18,21H,2-3,12-15,19-20,39-40H2,1H3,(H,41,47)(H,45,46);2*(H,6,7)/t21-,35-;;/m0../s1. The number of halogens is 7. The monoisotopic (exact) mass is 958 g/mol. The van der Waals surface area contributed by atoms with Crippen molar-refractivity contribution in [3.05, 3.63) is 75.8 Å². The summed E-state index contributed by atoms with van der Waals surface area (Å²) in [5, 5.41) is 50.6. The van der Waals surface area contributed by atoms with Gasteiger partial charge in [0.15, 0.2) is 0 Å². The Bertz CT molecular complexity index is 2350. The SMILES string of the molecule is C[C@H](NC(=O)[C@@](N)(CN)CCOc1ccc(-c2c(C#N)c(SCc3csc(-c4ccc(Cl)cc4)n3)nc(N3CCCC3)c2C#N)cc1)C(=O)O.O=C(O)C(F)(F)F.O=C(O)C(F)(F)F. The van der Waals surface area contributed by atoms with Gasteiger partial charge >= 0.3 is 30.3 Å². The third-order valence-electron chi connectivity index (χ3n) is 8.75. The molecule has 2 aromatic heterocycles. The fourth-order valence-corrected chi connectivity index (χ4v) is 7.26. The Morgan fingerprint density at radius 3 is 1.94 bits per heavy atom. The van der Waals surface area contributed by atoms with Gasteiger partial charge in [0.1, 0.15) is 50.9 Å². The van der Waals surface area contributed by atoms with Crippen LogP contribution in [0.2, 0.25) is 5.02 Å². The second-order valence-corrected chi connectivity index (χ2v) is 15.6. The Hall–Kier alpha value is -6.18. The van der Waals surface area contributed by atoms with Gasteiger partial charge in [-0.25, -0.2) is 19.6 Å². The number of rotatable bonds is 14. The third kappa shape index (κ3) is 14.7. The van der Waals surface area contributed by atoms with E-state index in [1.165, 1.54) is 30.0 Å². The summed E-state index contributed by atoms with van der Waals surface area (Å²) in [6, 6.07) is 18.0. The number of nitrogens with zero attached hydrogens (tertiary/aromatic N) is 5. The maximum Gasteiger partial charge on any atom is 0.490 e. The normalized spacial score (nSPS) is 13.7. The first-order valence-corrected chi connectivity index (χ1v) is 20.5. The summed E-state index contributed by atoms with van der Waals surface area (Å²) in [5.41, 5.74) is 14.0. The van der Waals surface area contributed by atoms with Crippen molar-refractivity contribution in [3.63, 3.8) is 0 Å². The molecule has 4 aromatic rings. The number of nitrogens with two attached hydrogens (primary N) is 2. The number of aliphatic carboxylic acids is 3. The lowest BCUT2D eigenvalue weighted by Crippen LogP contribution is -2.61. The molecule has 25 heteroatoms. The van der Waals surface area contributed by atoms with E-state index in [0.29, 0.717) is 49.6 Å². The molecule has 3 heterocycles. The van der Waals surface area contributed by atoms with Crippen LogP contribution in [0.4, 0.5) is 32.2 Å². The minimum absolute atomic E-state index is 0.0281. The van der Waals surface area contributed by atoms with Crippen LogP contribution in [0.25, 0.3) is 21.7 Å². The van der Waals surface area contributed by atoms with E-state index in [2.05, 4.69) is 22.4 Å². The van der Waals surface area contributed by atoms with E-state index in [4.69, 9.17) is 62.7 Å². The molecule has 342 valence electrons. The predicted octanol–water partition coefficient (Wildman–Crippen LogP) is 6.44. The van der Waals surface area contributed by atoms with E-state index < -0.39 is 47.7 Å². The Balaban J connectivity index is 0.000000671. The van der Waals surface area contributed by atoms with Crippen molar-refractivity contribution in [3.8, 4) is 39.6 Å². The van der Waals surface area contributed by atoms with Gasteiger partial charge in [0.25, 0.3) is 0 Å². The number of nitrogens with one attached hydrogen (secondary N) is 1. The summed E-state index contributed by atoms with van der Waals surface area (Å²) in [5.74, 6) is -5.89. The highest BCUT2D eigenvalue weighted by molar-refractivity contribution is 7.98. The summed E-state index contributed by atoms with van der Waals surface area (Å²) in [7, 11) is 0. The quantitative estimate of drug-likeness (QED) is 0.0586. The minimum atomic E-state index is -5.08. The molecule has 0 bridgehead atoms. The summed E-state index contributed by atoms with van der Waals surface area (Å²) in [4.78, 5) is 53.3. The lowest BCUT2D eigenvalue weighted by molar-refractivity contribution is -0.193. The van der Waals surface area contributed by atoms with Crippen LogP contribution in [-0.4, -0.2) is 99.3 Å². The lowest BCUT2D eigenvalue weighted by Gasteiger charge is -2.27. The molecule has 2 atom stereocenters. The predicted molar refractivity (Wildman–Crippen MR) is 221 cm³/mol. The molecule has 1 saturated heterocycles. The van der Waals surface area contributed by atoms with Gasteiger partial charge in [-0.15, -0.1) is 11.3 Å². The van der Waals surface area contributed by atoms with Crippen LogP contribution in [0.3, 0.4) is 0 Å². The molecule has 16 nitrogen and oxygen atoms in total. The van der Waals surface area contributed by atoms with Crippen LogP contribution in [0.15, 0.2) is 58.9 Å². The maximum absolute atomic E-state index is 12.6. The van der Waals surface area contributed by atoms with Gasteiger partial charge in [0.2, 0.25) is 5.91 Å². The molecule has 2 aromatic carbocycles. The zero-order valence-corrected chi connectivity index (χ0v) is 35.6. The smallest absolute Gasteiger partial charge is 0.490 e. The summed E-state index contributed by atoms with van der Waals surface area (Å²) >= 11 is 8.98. The van der Waals surface area contributed by atoms with Crippen molar-refractivity contribution in [2.75, 3.05) is 31.1 Å². The number of hydrogen-bond acceptors (Lipinski definition) is 14. The molecule has 1 aliphatic rings. The number of carboxylic acids is 3. The Kier molecular flexibility index (Phi) is 18.7. The van der Waals surface area contributed by atoms with E-state index in [1.54, 1.807) is 24.3 Å². The van der Waals surface area contributed by atoms with Gasteiger partial charge in [0, 0.05) is 53.3 Å². The van der Waals surface area contributed by atoms with Crippen molar-refractivity contribution < 1.29 is 65.6 Å². The molecule has 1 aliphatic heterocycles. The number of carboxylic acid groups (broad SMARTS) is 3. The number of carbonyl (C=O) groups excluding carboxylic acids is 1. The molecule has 8 N–H and O–H groups in total. The van der Waals surface area contributed by atoms with Crippen LogP contribution in [-0.2, 0) is 24.9 Å². The highest BCUT2D eigenvalue weighted by Crippen LogP contribution is 2.40. The van der Waals surface area contributed by atoms with Crippen molar-refractivity contribution in [2.24, 2.45) is 11.5 Å². The van der Waals surface area contributed by atoms with Crippen LogP contribution in [0.5, 0.6) is 5.75 Å². The number of pyridine rings is 1. The fraction of sp³-hybridized carbons (Fsp3) is 0.333. The van der Waals surface area contributed by atoms with Crippen LogP contribution in [0.1, 0.15) is 43.0 Å². The summed E-state index contributed by atoms with van der Waals surface area (Å²) in [6.07, 6.45) is -8.17. The Morgan fingerprint density at radius 2 is 1.45 bits per heavy atom. The molecular formula is C39H37ClF6N8O8S2. The fourth-order valence-electron chi connectivity index (χ4n) is 5.33. The summed E-state index contributed by atoms with van der Waals surface area (Å²) in [6.45, 7) is 2.68. The highest BCUT2D eigenvalue weighted by Gasteiger charge is 2.39. The first kappa shape index (κ1) is 52.2. The number of alkyl halides is 6. The molecule has 0 radical (unpaired) electrons. The minimum Gasteiger partial charge on any atom is -0.494 e. The number of anilines is 1. The largest absolute Gasteiger partial charge is 0.494 e. The van der Waals surface area contributed by atoms with Gasteiger partial charge in [-0.2, -0.15) is 36.9 Å². The molecule has 0 spiro atoms. The first-order valence-electron chi connectivity index (χ1n) is 18.3. The molecule has 0 saturated carbocycles. The van der Waals surface area contributed by atoms with Crippen molar-refractivity contribution in [1.29, 1.82) is 10.5 Å². The number of benzene rings is 2. The van der Waals surface area contributed by atoms with Crippen LogP contribution in [0, 0.1) is 22.7 Å². The maximum atomic E-state index is 12.6. The number of amides is 1. The van der Waals surface area contributed by atoms with Crippen LogP contribution >= 0.6 is 34.7 Å². The van der Waals surface area contributed by atoms with Crippen molar-refractivity contribution >= 4 is 64.3 Å². The number of thioether (sulfide) groups is 1. The van der Waals surface area contributed by atoms with E-state index >= 15 is 0 Å². The van der Waals surface area contributed by atoms with Crippen LogP contribution < -0.4 is 26.4 Å². The van der Waals surface area contributed by atoms with E-state index in [0.717, 1.165) is 42.2 Å². The molecule has 5 rings (SSSR count). The average Bonchev–Trinajstić information content (AvgIpc) is 3.96. The van der Waals surface area contributed by atoms with E-state index in [1.807, 2.05) is 29.6 Å². The second kappa shape index (κ2) is 23.0. The van der Waals surface area contributed by atoms with Gasteiger partial charge in [-0.1, -0.05) is 47.6 Å². The average molecular weight is 959 g/mol. The van der Waals surface area contributed by atoms with Gasteiger partial charge < -0.3 is 41.7 Å². The number of ether oxygens (including phenoxy) is 1. The number of hydrogen-bond donors (Lipinski definition) is 6. The van der Waals surface area contributed by atoms with Crippen molar-refractivity contribution in [1.82, 2.24) is 15.3 Å². The molecule has 0 aliphatic carbocycles. The number of nitriles is 2. The van der Waals surface area contributed by atoms with Gasteiger partial charge in [-0.3, -0.25) is 9.59 Å². The summed E-state index contributed by atoms with van der Waals surface area (Å²) < 4.78 is 69.3. The highest BCUT2D eigenvalue weighted by atomic mass is 35.5. The lowest BCUT2D eigenvalue weighted by atomic mass is 9.95. The second-order valence-electron chi connectivity index (χ2n) is 13.3. The Labute approximate surface area is 373 Å². The third-order valence-corrected chi connectivity index (χ3v) is 11.0. The zero-order valence-electron chi connectivity index (χ0n) is 33.2. The number of aromatic nitrogens is 2. The van der Waals surface area contributed by atoms with Gasteiger partial charge in [-0.05, 0) is 49.6 Å². The first-order chi connectivity index (χ1) is 29.9. The molecule has 1 fully saturated rings. The molecule has 1 amide bonds. The number of thiazole rings is 1. The number of carbonyl (C=O) groups is 4. The molecule has 0 unspecified atom stereocenters. The van der Waals surface area contributed by atoms with Gasteiger partial charge in [0.05, 0.1) is 17.9 Å². The van der Waals surface area contributed by atoms with Crippen molar-refractivity contribution in [2.45, 2.75) is 60.9 Å². The topological polar surface area (TPSA) is 279 Å². The molecule has 64 heavy (non-hydrogen) atoms. The Morgan fingerprint density at radius 1 is 0.922 bits per heavy atom.